The van der Waals surface area contributed by atoms with Gasteiger partial charge in [0.15, 0.2) is 11.5 Å². The van der Waals surface area contributed by atoms with E-state index in [0.717, 1.165) is 6.08 Å². The van der Waals surface area contributed by atoms with E-state index >= 15 is 0 Å². The van der Waals surface area contributed by atoms with E-state index in [4.69, 9.17) is 15.3 Å². The largest absolute Gasteiger partial charge is 0.504 e. The van der Waals surface area contributed by atoms with Gasteiger partial charge < -0.3 is 15.3 Å². The summed E-state index contributed by atoms with van der Waals surface area (Å²) in [5.41, 5.74) is -0.766. The number of hydrogen-bond donors (Lipinski definition) is 3. The molecule has 5 heteroatoms. The first-order valence-corrected chi connectivity index (χ1v) is 3.38. The number of aliphatic hydroxyl groups is 2. The molecule has 0 atom stereocenters. The first-order valence-electron chi connectivity index (χ1n) is 3.38. The van der Waals surface area contributed by atoms with Gasteiger partial charge in [0.1, 0.15) is 11.5 Å². The number of rotatable bonds is 1. The molecule has 5 nitrogen and oxygen atoms in total. The summed E-state index contributed by atoms with van der Waals surface area (Å²) in [6.07, 6.45) is 1.10. The van der Waals surface area contributed by atoms with Gasteiger partial charge in [0.25, 0.3) is 0 Å². The summed E-state index contributed by atoms with van der Waals surface area (Å²) in [7, 11) is 0. The lowest BCUT2D eigenvalue weighted by Crippen LogP contribution is -2.12. The number of allylic oxidation sites excluding steroid dienone is 1. The second kappa shape index (κ2) is 3.16. The molecule has 3 N–H and O–H groups in total. The third-order valence-corrected chi connectivity index (χ3v) is 1.62. The molecule has 0 bridgehead atoms. The number of carbonyl (C=O) groups is 1. The van der Waals surface area contributed by atoms with E-state index in [0.29, 0.717) is 0 Å². The normalized spacial score (nSPS) is 16.6. The fraction of sp³-hybridized carbons (Fsp3) is 0.125. The third kappa shape index (κ3) is 1.45. The highest BCUT2D eigenvalue weighted by atomic mass is 16.4. The Balaban J connectivity index is 3.34. The Morgan fingerprint density at radius 2 is 2.08 bits per heavy atom. The molecule has 0 spiro atoms. The van der Waals surface area contributed by atoms with Crippen LogP contribution < -0.4 is 0 Å². The number of carboxylic acids is 1. The summed E-state index contributed by atoms with van der Waals surface area (Å²) in [5, 5.41) is 26.6. The van der Waals surface area contributed by atoms with Crippen LogP contribution in [-0.2, 0) is 9.59 Å². The monoisotopic (exact) mass is 182 g/mol. The first-order chi connectivity index (χ1) is 6.07. The summed E-state index contributed by atoms with van der Waals surface area (Å²) >= 11 is 0. The second-order valence-electron chi connectivity index (χ2n) is 2.40. The van der Waals surface area contributed by atoms with Gasteiger partial charge in [0.2, 0.25) is 0 Å². The van der Waals surface area contributed by atoms with Crippen LogP contribution in [0.1, 0.15) is 6.42 Å². The molecule has 0 radical (unpaired) electrons. The lowest BCUT2D eigenvalue weighted by atomic mass is 9.97. The number of aliphatic carboxylic acids is 1. The minimum Gasteiger partial charge on any atom is -0.504 e. The molecule has 1 aliphatic carbocycles. The van der Waals surface area contributed by atoms with Crippen LogP contribution in [0.15, 0.2) is 28.7 Å². The molecule has 0 saturated carbocycles. The van der Waals surface area contributed by atoms with Crippen LogP contribution in [0.25, 0.3) is 0 Å². The van der Waals surface area contributed by atoms with Crippen molar-refractivity contribution in [1.82, 2.24) is 0 Å². The third-order valence-electron chi connectivity index (χ3n) is 1.62. The van der Waals surface area contributed by atoms with E-state index in [-0.39, 0.29) is 12.0 Å². The van der Waals surface area contributed by atoms with Gasteiger partial charge in [-0.05, 0) is 6.08 Å². The number of carboxylic acid groups (broad SMARTS) is 1. The van der Waals surface area contributed by atoms with Crippen LogP contribution in [0.4, 0.5) is 0 Å². The molecular weight excluding hydrogens is 176 g/mol. The van der Waals surface area contributed by atoms with Crippen molar-refractivity contribution >= 4 is 11.9 Å². The Kier molecular flexibility index (Phi) is 2.21. The predicted octanol–water partition coefficient (Wildman–Crippen LogP) is 0.487. The van der Waals surface area contributed by atoms with Crippen molar-refractivity contribution in [3.8, 4) is 0 Å². The van der Waals surface area contributed by atoms with Gasteiger partial charge in [-0.15, -0.1) is 0 Å². The molecule has 0 amide bonds. The second-order valence-corrected chi connectivity index (χ2v) is 2.40. The van der Waals surface area contributed by atoms with Crippen LogP contribution in [0.5, 0.6) is 0 Å². The van der Waals surface area contributed by atoms with Crippen molar-refractivity contribution < 1.29 is 24.9 Å². The summed E-state index contributed by atoms with van der Waals surface area (Å²) in [5.74, 6) is -1.39. The maximum atomic E-state index is 10.5. The van der Waals surface area contributed by atoms with Crippen LogP contribution >= 0.6 is 0 Å². The van der Waals surface area contributed by atoms with Gasteiger partial charge in [0.05, 0.1) is 5.57 Å². The Bertz CT molecular complexity index is 368. The molecule has 1 rings (SSSR count). The van der Waals surface area contributed by atoms with Crippen molar-refractivity contribution in [3.63, 3.8) is 0 Å². The van der Waals surface area contributed by atoms with Crippen LogP contribution in [0.2, 0.25) is 0 Å². The molecule has 0 aliphatic heterocycles. The Morgan fingerprint density at radius 1 is 1.46 bits per heavy atom. The highest BCUT2D eigenvalue weighted by molar-refractivity contribution is 5.96. The van der Waals surface area contributed by atoms with E-state index in [1.807, 2.05) is 0 Å². The van der Waals surface area contributed by atoms with Crippen molar-refractivity contribution in [2.45, 2.75) is 6.42 Å². The van der Waals surface area contributed by atoms with Gasteiger partial charge in [-0.1, -0.05) is 0 Å². The minimum absolute atomic E-state index is 0.0406. The van der Waals surface area contributed by atoms with E-state index in [9.17, 15) is 9.59 Å². The highest BCUT2D eigenvalue weighted by Crippen LogP contribution is 2.24. The SMILES string of the molecule is O=C=C1CC=C(O)C(O)=C1C(=O)O. The maximum Gasteiger partial charge on any atom is 0.340 e. The summed E-state index contributed by atoms with van der Waals surface area (Å²) in [6.45, 7) is 0. The lowest BCUT2D eigenvalue weighted by molar-refractivity contribution is -0.132. The summed E-state index contributed by atoms with van der Waals surface area (Å²) in [6, 6.07) is 0. The highest BCUT2D eigenvalue weighted by Gasteiger charge is 2.25. The van der Waals surface area contributed by atoms with E-state index in [1.165, 1.54) is 5.94 Å². The molecule has 1 aliphatic rings. The topological polar surface area (TPSA) is 94.8 Å². The molecule has 0 unspecified atom stereocenters. The van der Waals surface area contributed by atoms with Gasteiger partial charge >= 0.3 is 5.97 Å². The van der Waals surface area contributed by atoms with Crippen LogP contribution in [0, 0.1) is 0 Å². The first kappa shape index (κ1) is 9.09. The molecular formula is C8H6O5. The van der Waals surface area contributed by atoms with Crippen molar-refractivity contribution in [1.29, 1.82) is 0 Å². The van der Waals surface area contributed by atoms with E-state index in [2.05, 4.69) is 0 Å². The van der Waals surface area contributed by atoms with Crippen molar-refractivity contribution in [3.05, 3.63) is 28.7 Å². The quantitative estimate of drug-likeness (QED) is 0.513. The molecule has 0 fully saturated rings. The fourth-order valence-corrected chi connectivity index (χ4v) is 0.992. The molecule has 68 valence electrons. The van der Waals surface area contributed by atoms with Crippen molar-refractivity contribution in [2.24, 2.45) is 0 Å². The number of aliphatic hydroxyl groups excluding tert-OH is 2. The number of carbonyl (C=O) groups excluding carboxylic acids is 1. The fourth-order valence-electron chi connectivity index (χ4n) is 0.992. The minimum atomic E-state index is -1.46. The van der Waals surface area contributed by atoms with Crippen LogP contribution in [0.3, 0.4) is 0 Å². The summed E-state index contributed by atoms with van der Waals surface area (Å²) in [4.78, 5) is 20.8. The van der Waals surface area contributed by atoms with Gasteiger partial charge in [-0.2, -0.15) is 0 Å². The molecule has 0 aromatic carbocycles. The lowest BCUT2D eigenvalue weighted by Gasteiger charge is -2.10. The smallest absolute Gasteiger partial charge is 0.340 e. The van der Waals surface area contributed by atoms with E-state index < -0.39 is 23.1 Å². The Hall–Kier alpha value is -2.00. The Morgan fingerprint density at radius 3 is 2.54 bits per heavy atom. The van der Waals surface area contributed by atoms with E-state index in [1.54, 1.807) is 0 Å². The summed E-state index contributed by atoms with van der Waals surface area (Å²) < 4.78 is 0. The Labute approximate surface area is 72.9 Å². The molecule has 0 heterocycles. The van der Waals surface area contributed by atoms with Gasteiger partial charge in [-0.25, -0.2) is 9.59 Å². The average Bonchev–Trinajstić information content (AvgIpc) is 2.08. The van der Waals surface area contributed by atoms with Gasteiger partial charge in [0, 0.05) is 6.42 Å². The molecule has 0 aromatic rings. The predicted molar refractivity (Wildman–Crippen MR) is 41.8 cm³/mol. The maximum absolute atomic E-state index is 10.5. The zero-order chi connectivity index (χ0) is 10.0. The number of hydrogen-bond acceptors (Lipinski definition) is 4. The molecule has 0 aromatic heterocycles. The van der Waals surface area contributed by atoms with Crippen molar-refractivity contribution in [2.75, 3.05) is 0 Å². The molecule has 0 saturated heterocycles. The average molecular weight is 182 g/mol. The standard InChI is InChI=1S/C8H6O5/c9-3-4-1-2-5(10)7(11)6(4)8(12)13/h2,10-11H,1H2,(H,12,13). The zero-order valence-corrected chi connectivity index (χ0v) is 6.44. The zero-order valence-electron chi connectivity index (χ0n) is 6.44. The van der Waals surface area contributed by atoms with Gasteiger partial charge in [-0.3, -0.25) is 0 Å². The van der Waals surface area contributed by atoms with Crippen LogP contribution in [-0.4, -0.2) is 27.2 Å². The molecule has 13 heavy (non-hydrogen) atoms.